The van der Waals surface area contributed by atoms with Gasteiger partial charge in [-0.3, -0.25) is 4.99 Å². The largest absolute Gasteiger partial charge is 0.385 e. The van der Waals surface area contributed by atoms with E-state index in [1.807, 2.05) is 25.2 Å². The summed E-state index contributed by atoms with van der Waals surface area (Å²) in [7, 11) is 3.61. The van der Waals surface area contributed by atoms with E-state index in [9.17, 15) is 0 Å². The third kappa shape index (κ3) is 7.19. The van der Waals surface area contributed by atoms with Crippen LogP contribution in [0, 0.1) is 0 Å². The molecule has 0 saturated carbocycles. The van der Waals surface area contributed by atoms with Crippen LogP contribution in [0.2, 0.25) is 5.02 Å². The highest BCUT2D eigenvalue weighted by Crippen LogP contribution is 2.25. The van der Waals surface area contributed by atoms with Gasteiger partial charge in [-0.15, -0.1) is 24.0 Å². The molecule has 0 bridgehead atoms. The van der Waals surface area contributed by atoms with Crippen molar-refractivity contribution >= 4 is 47.2 Å². The van der Waals surface area contributed by atoms with Crippen molar-refractivity contribution in [1.29, 1.82) is 0 Å². The van der Waals surface area contributed by atoms with Gasteiger partial charge in [-0.05, 0) is 31.4 Å². The third-order valence-corrected chi connectivity index (χ3v) is 4.61. The smallest absolute Gasteiger partial charge is 0.193 e. The number of hydrogen-bond donors (Lipinski definition) is 1. The number of benzene rings is 1. The van der Waals surface area contributed by atoms with Crippen LogP contribution in [0.1, 0.15) is 19.3 Å². The number of para-hydroxylation sites is 1. The normalized spacial score (nSPS) is 15.1. The third-order valence-electron chi connectivity index (χ3n) is 4.29. The minimum absolute atomic E-state index is 0. The zero-order valence-corrected chi connectivity index (χ0v) is 18.3. The number of piperazine rings is 1. The summed E-state index contributed by atoms with van der Waals surface area (Å²) in [5.41, 5.74) is 1.12. The van der Waals surface area contributed by atoms with E-state index in [2.05, 4.69) is 26.2 Å². The Labute approximate surface area is 173 Å². The van der Waals surface area contributed by atoms with Crippen molar-refractivity contribution in [3.05, 3.63) is 29.3 Å². The molecule has 1 aliphatic rings. The van der Waals surface area contributed by atoms with E-state index in [1.165, 1.54) is 6.42 Å². The second-order valence-corrected chi connectivity index (χ2v) is 6.36. The van der Waals surface area contributed by atoms with Gasteiger partial charge >= 0.3 is 0 Å². The number of unbranched alkanes of at least 4 members (excludes halogenated alkanes) is 2. The fraction of sp³-hybridized carbons (Fsp3) is 0.611. The molecule has 7 heteroatoms. The molecule has 25 heavy (non-hydrogen) atoms. The van der Waals surface area contributed by atoms with E-state index in [0.29, 0.717) is 0 Å². The Balaban J connectivity index is 0.00000312. The van der Waals surface area contributed by atoms with Crippen LogP contribution in [0.4, 0.5) is 5.69 Å². The number of anilines is 1. The molecule has 0 spiro atoms. The van der Waals surface area contributed by atoms with Gasteiger partial charge in [0.05, 0.1) is 10.7 Å². The van der Waals surface area contributed by atoms with Crippen molar-refractivity contribution < 1.29 is 4.74 Å². The number of rotatable bonds is 7. The summed E-state index contributed by atoms with van der Waals surface area (Å²) < 4.78 is 5.07. The Bertz CT molecular complexity index is 522. The second kappa shape index (κ2) is 12.6. The molecule has 1 aromatic rings. The Kier molecular flexibility index (Phi) is 11.2. The van der Waals surface area contributed by atoms with Crippen LogP contribution < -0.4 is 10.2 Å². The van der Waals surface area contributed by atoms with E-state index in [4.69, 9.17) is 16.3 Å². The Morgan fingerprint density at radius 3 is 2.52 bits per heavy atom. The van der Waals surface area contributed by atoms with Crippen LogP contribution in [0.3, 0.4) is 0 Å². The van der Waals surface area contributed by atoms with Crippen LogP contribution in [0.15, 0.2) is 29.3 Å². The molecule has 1 heterocycles. The topological polar surface area (TPSA) is 40.1 Å². The number of nitrogens with zero attached hydrogens (tertiary/aromatic N) is 3. The predicted octanol–water partition coefficient (Wildman–Crippen LogP) is 3.47. The molecule has 142 valence electrons. The first-order valence-electron chi connectivity index (χ1n) is 8.70. The number of nitrogens with one attached hydrogen (secondary N) is 1. The lowest BCUT2D eigenvalue weighted by molar-refractivity contribution is 0.192. The first-order valence-corrected chi connectivity index (χ1v) is 9.08. The van der Waals surface area contributed by atoms with Gasteiger partial charge in [0.25, 0.3) is 0 Å². The van der Waals surface area contributed by atoms with E-state index >= 15 is 0 Å². The lowest BCUT2D eigenvalue weighted by Gasteiger charge is -2.38. The molecule has 1 aliphatic heterocycles. The number of ether oxygens (including phenoxy) is 1. The molecular weight excluding hydrogens is 451 g/mol. The van der Waals surface area contributed by atoms with Gasteiger partial charge in [0.15, 0.2) is 5.96 Å². The lowest BCUT2D eigenvalue weighted by atomic mass is 10.2. The molecule has 0 radical (unpaired) electrons. The summed E-state index contributed by atoms with van der Waals surface area (Å²) in [6, 6.07) is 8.05. The number of methoxy groups -OCH3 is 1. The van der Waals surface area contributed by atoms with Crippen molar-refractivity contribution in [2.24, 2.45) is 4.99 Å². The minimum atomic E-state index is 0. The lowest BCUT2D eigenvalue weighted by Crippen LogP contribution is -2.52. The van der Waals surface area contributed by atoms with Gasteiger partial charge in [-0.2, -0.15) is 0 Å². The molecule has 0 unspecified atom stereocenters. The minimum Gasteiger partial charge on any atom is -0.385 e. The number of guanidine groups is 1. The highest BCUT2D eigenvalue weighted by atomic mass is 127. The molecule has 0 aromatic heterocycles. The van der Waals surface area contributed by atoms with Crippen molar-refractivity contribution in [3.8, 4) is 0 Å². The summed E-state index contributed by atoms with van der Waals surface area (Å²) >= 11 is 6.30. The Hall–Kier alpha value is -0.730. The molecule has 1 N–H and O–H groups in total. The van der Waals surface area contributed by atoms with E-state index in [0.717, 1.165) is 68.8 Å². The van der Waals surface area contributed by atoms with Gasteiger partial charge in [-0.25, -0.2) is 0 Å². The second-order valence-electron chi connectivity index (χ2n) is 5.95. The summed E-state index contributed by atoms with van der Waals surface area (Å²) in [5.74, 6) is 1.00. The highest BCUT2D eigenvalue weighted by Gasteiger charge is 2.20. The molecule has 0 atom stereocenters. The summed E-state index contributed by atoms with van der Waals surface area (Å²) in [6.45, 7) is 5.62. The monoisotopic (exact) mass is 480 g/mol. The number of aliphatic imine (C=N–C) groups is 1. The zero-order chi connectivity index (χ0) is 17.2. The predicted molar refractivity (Wildman–Crippen MR) is 118 cm³/mol. The molecule has 1 saturated heterocycles. The van der Waals surface area contributed by atoms with Crippen LogP contribution in [-0.2, 0) is 4.74 Å². The summed E-state index contributed by atoms with van der Waals surface area (Å²) in [4.78, 5) is 9.09. The Morgan fingerprint density at radius 1 is 1.16 bits per heavy atom. The van der Waals surface area contributed by atoms with E-state index < -0.39 is 0 Å². The molecule has 0 aliphatic carbocycles. The van der Waals surface area contributed by atoms with Gasteiger partial charge in [0.1, 0.15) is 0 Å². The molecule has 0 amide bonds. The zero-order valence-electron chi connectivity index (χ0n) is 15.2. The van der Waals surface area contributed by atoms with Gasteiger partial charge in [0.2, 0.25) is 0 Å². The average Bonchev–Trinajstić information content (AvgIpc) is 2.62. The first-order chi connectivity index (χ1) is 11.8. The standard InChI is InChI=1S/C18H29ClN4O.HI/c1-20-18(21-10-6-3-7-15-24-2)23-13-11-22(12-14-23)17-9-5-4-8-16(17)19;/h4-5,8-9H,3,6-7,10-15H2,1-2H3,(H,20,21);1H. The first kappa shape index (κ1) is 22.3. The highest BCUT2D eigenvalue weighted by molar-refractivity contribution is 14.0. The molecule has 1 fully saturated rings. The summed E-state index contributed by atoms with van der Waals surface area (Å²) in [5, 5.41) is 4.30. The van der Waals surface area contributed by atoms with Crippen LogP contribution >= 0.6 is 35.6 Å². The molecule has 2 rings (SSSR count). The van der Waals surface area contributed by atoms with Crippen molar-refractivity contribution in [2.75, 3.05) is 58.4 Å². The van der Waals surface area contributed by atoms with Gasteiger partial charge in [0, 0.05) is 53.5 Å². The number of halogens is 2. The van der Waals surface area contributed by atoms with Crippen LogP contribution in [-0.4, -0.2) is 64.3 Å². The van der Waals surface area contributed by atoms with Crippen LogP contribution in [0.25, 0.3) is 0 Å². The fourth-order valence-electron chi connectivity index (χ4n) is 2.95. The van der Waals surface area contributed by atoms with E-state index in [-0.39, 0.29) is 24.0 Å². The van der Waals surface area contributed by atoms with Crippen molar-refractivity contribution in [1.82, 2.24) is 10.2 Å². The van der Waals surface area contributed by atoms with E-state index in [1.54, 1.807) is 7.11 Å². The van der Waals surface area contributed by atoms with Crippen molar-refractivity contribution in [3.63, 3.8) is 0 Å². The van der Waals surface area contributed by atoms with Gasteiger partial charge in [-0.1, -0.05) is 23.7 Å². The molecule has 5 nitrogen and oxygen atoms in total. The Morgan fingerprint density at radius 2 is 1.88 bits per heavy atom. The van der Waals surface area contributed by atoms with Crippen molar-refractivity contribution in [2.45, 2.75) is 19.3 Å². The molecular formula is C18H30ClIN4O. The molecule has 1 aromatic carbocycles. The quantitative estimate of drug-likeness (QED) is 0.281. The SMILES string of the molecule is CN=C(NCCCCCOC)N1CCN(c2ccccc2Cl)CC1.I. The summed E-state index contributed by atoms with van der Waals surface area (Å²) in [6.07, 6.45) is 3.44. The van der Waals surface area contributed by atoms with Crippen LogP contribution in [0.5, 0.6) is 0 Å². The maximum Gasteiger partial charge on any atom is 0.193 e. The maximum atomic E-state index is 6.30. The fourth-order valence-corrected chi connectivity index (χ4v) is 3.20. The number of hydrogen-bond acceptors (Lipinski definition) is 3. The van der Waals surface area contributed by atoms with Gasteiger partial charge < -0.3 is 19.9 Å². The maximum absolute atomic E-state index is 6.30. The average molecular weight is 481 g/mol.